The van der Waals surface area contributed by atoms with E-state index in [0.29, 0.717) is 12.5 Å². The molecule has 0 bridgehead atoms. The SMILES string of the molecule is CCNC(=NCc1cc(C(C)C)no1)NCCc1ccc(C)c(OC)c1.I. The minimum atomic E-state index is 0. The van der Waals surface area contributed by atoms with Crippen LogP contribution in [0.15, 0.2) is 33.8 Å². The highest BCUT2D eigenvalue weighted by atomic mass is 127. The van der Waals surface area contributed by atoms with Crippen molar-refractivity contribution in [3.63, 3.8) is 0 Å². The molecule has 2 aromatic rings. The second-order valence-corrected chi connectivity index (χ2v) is 6.55. The van der Waals surface area contributed by atoms with E-state index in [9.17, 15) is 0 Å². The van der Waals surface area contributed by atoms with Gasteiger partial charge in [-0.2, -0.15) is 0 Å². The van der Waals surface area contributed by atoms with Gasteiger partial charge in [-0.25, -0.2) is 4.99 Å². The van der Waals surface area contributed by atoms with Crippen LogP contribution < -0.4 is 15.4 Å². The second kappa shape index (κ2) is 11.8. The molecule has 27 heavy (non-hydrogen) atoms. The van der Waals surface area contributed by atoms with Gasteiger partial charge in [0.1, 0.15) is 12.3 Å². The van der Waals surface area contributed by atoms with Crippen LogP contribution in [0.5, 0.6) is 5.75 Å². The van der Waals surface area contributed by atoms with E-state index < -0.39 is 0 Å². The highest BCUT2D eigenvalue weighted by Crippen LogP contribution is 2.19. The minimum absolute atomic E-state index is 0. The molecule has 1 aromatic heterocycles. The summed E-state index contributed by atoms with van der Waals surface area (Å²) < 4.78 is 10.7. The fraction of sp³-hybridized carbons (Fsp3) is 0.500. The number of rotatable bonds is 8. The van der Waals surface area contributed by atoms with Gasteiger partial charge in [-0.05, 0) is 43.4 Å². The van der Waals surface area contributed by atoms with E-state index in [1.54, 1.807) is 7.11 Å². The standard InChI is InChI=1S/C20H30N4O2.HI/c1-6-21-20(23-13-17-12-18(14(2)3)24-26-17)22-10-9-16-8-7-15(4)19(11-16)25-5;/h7-8,11-12,14H,6,9-10,13H2,1-5H3,(H2,21,22,23);1H. The number of hydrogen-bond acceptors (Lipinski definition) is 4. The van der Waals surface area contributed by atoms with Crippen molar-refractivity contribution in [1.29, 1.82) is 0 Å². The molecule has 0 saturated heterocycles. The summed E-state index contributed by atoms with van der Waals surface area (Å²) in [5.41, 5.74) is 3.33. The Morgan fingerprint density at radius 3 is 2.67 bits per heavy atom. The fourth-order valence-electron chi connectivity index (χ4n) is 2.52. The predicted octanol–water partition coefficient (Wildman–Crippen LogP) is 4.03. The zero-order chi connectivity index (χ0) is 18.9. The lowest BCUT2D eigenvalue weighted by molar-refractivity contribution is 0.376. The third-order valence-electron chi connectivity index (χ3n) is 4.08. The van der Waals surface area contributed by atoms with E-state index in [4.69, 9.17) is 9.26 Å². The molecule has 7 heteroatoms. The summed E-state index contributed by atoms with van der Waals surface area (Å²) >= 11 is 0. The number of ether oxygens (including phenoxy) is 1. The Balaban J connectivity index is 0.00000364. The van der Waals surface area contributed by atoms with E-state index in [-0.39, 0.29) is 24.0 Å². The highest BCUT2D eigenvalue weighted by molar-refractivity contribution is 14.0. The zero-order valence-electron chi connectivity index (χ0n) is 16.8. The van der Waals surface area contributed by atoms with Gasteiger partial charge >= 0.3 is 0 Å². The summed E-state index contributed by atoms with van der Waals surface area (Å²) in [6.07, 6.45) is 0.890. The van der Waals surface area contributed by atoms with Gasteiger partial charge in [0.15, 0.2) is 11.7 Å². The van der Waals surface area contributed by atoms with Crippen molar-refractivity contribution in [2.75, 3.05) is 20.2 Å². The Morgan fingerprint density at radius 2 is 2.04 bits per heavy atom. The molecule has 0 saturated carbocycles. The van der Waals surface area contributed by atoms with Crippen LogP contribution in [0.25, 0.3) is 0 Å². The number of halogens is 1. The second-order valence-electron chi connectivity index (χ2n) is 6.55. The lowest BCUT2D eigenvalue weighted by Crippen LogP contribution is -2.38. The molecule has 1 aromatic carbocycles. The molecule has 0 aliphatic rings. The molecule has 150 valence electrons. The highest BCUT2D eigenvalue weighted by Gasteiger charge is 2.07. The Morgan fingerprint density at radius 1 is 1.26 bits per heavy atom. The average molecular weight is 486 g/mol. The summed E-state index contributed by atoms with van der Waals surface area (Å²) in [5.74, 6) is 2.83. The lowest BCUT2D eigenvalue weighted by Gasteiger charge is -2.12. The Bertz CT molecular complexity index is 729. The Labute approximate surface area is 179 Å². The van der Waals surface area contributed by atoms with E-state index in [1.807, 2.05) is 19.9 Å². The predicted molar refractivity (Wildman–Crippen MR) is 120 cm³/mol. The molecule has 0 spiro atoms. The zero-order valence-corrected chi connectivity index (χ0v) is 19.2. The quantitative estimate of drug-likeness (QED) is 0.335. The number of aryl methyl sites for hydroxylation is 1. The van der Waals surface area contributed by atoms with Crippen LogP contribution in [0.3, 0.4) is 0 Å². The molecular formula is C20H31IN4O2. The molecule has 0 fully saturated rings. The summed E-state index contributed by atoms with van der Waals surface area (Å²) in [6, 6.07) is 8.27. The summed E-state index contributed by atoms with van der Waals surface area (Å²) in [4.78, 5) is 4.57. The molecule has 2 rings (SSSR count). The van der Waals surface area contributed by atoms with Crippen molar-refractivity contribution < 1.29 is 9.26 Å². The Hall–Kier alpha value is -1.77. The topological polar surface area (TPSA) is 71.7 Å². The van der Waals surface area contributed by atoms with Crippen molar-refractivity contribution in [1.82, 2.24) is 15.8 Å². The monoisotopic (exact) mass is 486 g/mol. The normalized spacial score (nSPS) is 11.3. The largest absolute Gasteiger partial charge is 0.496 e. The summed E-state index contributed by atoms with van der Waals surface area (Å²) in [5, 5.41) is 10.7. The number of aromatic nitrogens is 1. The molecule has 1 heterocycles. The maximum absolute atomic E-state index is 5.39. The molecular weight excluding hydrogens is 455 g/mol. The first-order chi connectivity index (χ1) is 12.5. The molecule has 0 amide bonds. The van der Waals surface area contributed by atoms with Crippen LogP contribution in [0.4, 0.5) is 0 Å². The summed E-state index contributed by atoms with van der Waals surface area (Å²) in [6.45, 7) is 10.3. The van der Waals surface area contributed by atoms with Crippen molar-refractivity contribution >= 4 is 29.9 Å². The van der Waals surface area contributed by atoms with Crippen molar-refractivity contribution in [3.8, 4) is 5.75 Å². The Kier molecular flexibility index (Phi) is 10.2. The van der Waals surface area contributed by atoms with Gasteiger partial charge in [0.05, 0.1) is 12.8 Å². The fourth-order valence-corrected chi connectivity index (χ4v) is 2.52. The van der Waals surface area contributed by atoms with E-state index in [2.05, 4.69) is 52.8 Å². The lowest BCUT2D eigenvalue weighted by atomic mass is 10.1. The number of hydrogen-bond donors (Lipinski definition) is 2. The minimum Gasteiger partial charge on any atom is -0.496 e. The third kappa shape index (κ3) is 7.40. The first kappa shape index (κ1) is 23.3. The van der Waals surface area contributed by atoms with Crippen molar-refractivity contribution in [2.24, 2.45) is 4.99 Å². The van der Waals surface area contributed by atoms with Gasteiger partial charge in [0.2, 0.25) is 0 Å². The molecule has 6 nitrogen and oxygen atoms in total. The van der Waals surface area contributed by atoms with Gasteiger partial charge in [-0.15, -0.1) is 24.0 Å². The van der Waals surface area contributed by atoms with Crippen LogP contribution in [0.2, 0.25) is 0 Å². The smallest absolute Gasteiger partial charge is 0.191 e. The molecule has 0 aliphatic heterocycles. The van der Waals surface area contributed by atoms with Gasteiger partial charge < -0.3 is 19.9 Å². The number of nitrogens with one attached hydrogen (secondary N) is 2. The van der Waals surface area contributed by atoms with E-state index in [1.165, 1.54) is 5.56 Å². The maximum atomic E-state index is 5.39. The summed E-state index contributed by atoms with van der Waals surface area (Å²) in [7, 11) is 1.70. The van der Waals surface area contributed by atoms with E-state index >= 15 is 0 Å². The first-order valence-electron chi connectivity index (χ1n) is 9.14. The molecule has 2 N–H and O–H groups in total. The first-order valence-corrected chi connectivity index (χ1v) is 9.14. The number of nitrogens with zero attached hydrogens (tertiary/aromatic N) is 2. The van der Waals surface area contributed by atoms with Gasteiger partial charge in [0.25, 0.3) is 0 Å². The average Bonchev–Trinajstić information content (AvgIpc) is 3.10. The number of methoxy groups -OCH3 is 1. The van der Waals surface area contributed by atoms with Crippen LogP contribution >= 0.6 is 24.0 Å². The van der Waals surface area contributed by atoms with Gasteiger partial charge in [0, 0.05) is 19.2 Å². The van der Waals surface area contributed by atoms with Gasteiger partial charge in [-0.1, -0.05) is 31.1 Å². The number of benzene rings is 1. The maximum Gasteiger partial charge on any atom is 0.191 e. The van der Waals surface area contributed by atoms with Crippen LogP contribution in [-0.2, 0) is 13.0 Å². The molecule has 0 aliphatic carbocycles. The van der Waals surface area contributed by atoms with Crippen LogP contribution in [0.1, 0.15) is 49.3 Å². The molecule has 0 atom stereocenters. The van der Waals surface area contributed by atoms with Crippen LogP contribution in [-0.4, -0.2) is 31.3 Å². The third-order valence-corrected chi connectivity index (χ3v) is 4.08. The van der Waals surface area contributed by atoms with Crippen LogP contribution in [0, 0.1) is 6.92 Å². The molecule has 0 unspecified atom stereocenters. The number of guanidine groups is 1. The molecule has 0 radical (unpaired) electrons. The van der Waals surface area contributed by atoms with Gasteiger partial charge in [-0.3, -0.25) is 0 Å². The van der Waals surface area contributed by atoms with E-state index in [0.717, 1.165) is 48.2 Å². The van der Waals surface area contributed by atoms with Crippen molar-refractivity contribution in [3.05, 3.63) is 46.8 Å². The van der Waals surface area contributed by atoms with Crippen molar-refractivity contribution in [2.45, 2.75) is 46.6 Å². The number of aliphatic imine (C=N–C) groups is 1.